The number of phenols is 1. The first-order valence-electron chi connectivity index (χ1n) is 8.45. The lowest BCUT2D eigenvalue weighted by Crippen LogP contribution is -2.50. The summed E-state index contributed by atoms with van der Waals surface area (Å²) in [5.74, 6) is -0.0462. The average Bonchev–Trinajstić information content (AvgIpc) is 2.67. The summed E-state index contributed by atoms with van der Waals surface area (Å²) in [5, 5.41) is 9.64. The topological polar surface area (TPSA) is 53.0 Å². The molecule has 0 aromatic heterocycles. The molecule has 1 N–H and O–H groups in total. The number of alkyl halides is 3. The van der Waals surface area contributed by atoms with E-state index in [0.29, 0.717) is 31.9 Å². The first kappa shape index (κ1) is 18.9. The molecule has 5 nitrogen and oxygen atoms in total. The molecule has 27 heavy (non-hydrogen) atoms. The molecule has 8 heteroatoms. The van der Waals surface area contributed by atoms with Crippen molar-refractivity contribution in [2.45, 2.75) is 6.18 Å². The van der Waals surface area contributed by atoms with Gasteiger partial charge in [0.1, 0.15) is 0 Å². The molecular weight excluding hydrogens is 361 g/mol. The summed E-state index contributed by atoms with van der Waals surface area (Å²) in [6.45, 7) is 1.44. The number of benzene rings is 2. The SMILES string of the molecule is O=C(COc1ccccc1O)N1CCN(c2cccc(C(F)(F)F)c2)CC1. The highest BCUT2D eigenvalue weighted by Crippen LogP contribution is 2.32. The van der Waals surface area contributed by atoms with Gasteiger partial charge in [0.05, 0.1) is 5.56 Å². The number of piperazine rings is 1. The molecule has 0 radical (unpaired) electrons. The maximum Gasteiger partial charge on any atom is 0.416 e. The first-order valence-corrected chi connectivity index (χ1v) is 8.45. The van der Waals surface area contributed by atoms with Crippen LogP contribution in [0, 0.1) is 0 Å². The summed E-state index contributed by atoms with van der Waals surface area (Å²) in [4.78, 5) is 15.7. The van der Waals surface area contributed by atoms with E-state index in [1.807, 2.05) is 4.90 Å². The second kappa shape index (κ2) is 7.77. The minimum Gasteiger partial charge on any atom is -0.504 e. The Morgan fingerprint density at radius 3 is 2.41 bits per heavy atom. The van der Waals surface area contributed by atoms with Crippen molar-refractivity contribution in [2.75, 3.05) is 37.7 Å². The Kier molecular flexibility index (Phi) is 5.43. The van der Waals surface area contributed by atoms with Gasteiger partial charge >= 0.3 is 6.18 Å². The molecule has 0 aliphatic carbocycles. The monoisotopic (exact) mass is 380 g/mol. The Morgan fingerprint density at radius 2 is 1.74 bits per heavy atom. The van der Waals surface area contributed by atoms with Crippen molar-refractivity contribution < 1.29 is 27.8 Å². The van der Waals surface area contributed by atoms with E-state index >= 15 is 0 Å². The predicted octanol–water partition coefficient (Wildman–Crippen LogP) is 3.14. The molecule has 144 valence electrons. The standard InChI is InChI=1S/C19H19F3N2O3/c20-19(21,22)14-4-3-5-15(12-14)23-8-10-24(11-9-23)18(26)13-27-17-7-2-1-6-16(17)25/h1-7,12,25H,8-11,13H2. The number of rotatable bonds is 4. The van der Waals surface area contributed by atoms with E-state index in [1.54, 1.807) is 29.2 Å². The molecule has 1 heterocycles. The maximum atomic E-state index is 12.9. The number of carbonyl (C=O) groups is 1. The summed E-state index contributed by atoms with van der Waals surface area (Å²) in [6.07, 6.45) is -4.38. The molecule has 1 amide bonds. The molecule has 2 aromatic carbocycles. The molecule has 1 aliphatic heterocycles. The Morgan fingerprint density at radius 1 is 1.04 bits per heavy atom. The number of amides is 1. The van der Waals surface area contributed by atoms with Gasteiger partial charge in [-0.3, -0.25) is 4.79 Å². The van der Waals surface area contributed by atoms with Crippen molar-refractivity contribution in [3.05, 3.63) is 54.1 Å². The van der Waals surface area contributed by atoms with Gasteiger partial charge in [0, 0.05) is 31.9 Å². The minimum absolute atomic E-state index is 0.0420. The Labute approximate surface area is 154 Å². The molecule has 0 saturated carbocycles. The number of hydrogen-bond donors (Lipinski definition) is 1. The summed E-state index contributed by atoms with van der Waals surface area (Å²) in [6, 6.07) is 11.6. The number of halogens is 3. The van der Waals surface area contributed by atoms with Gasteiger partial charge in [0.2, 0.25) is 0 Å². The van der Waals surface area contributed by atoms with Crippen molar-refractivity contribution in [3.63, 3.8) is 0 Å². The summed E-state index contributed by atoms with van der Waals surface area (Å²) >= 11 is 0. The lowest BCUT2D eigenvalue weighted by atomic mass is 10.1. The number of hydrogen-bond acceptors (Lipinski definition) is 4. The molecule has 1 aliphatic rings. The van der Waals surface area contributed by atoms with Crippen LogP contribution in [0.15, 0.2) is 48.5 Å². The third-order valence-electron chi connectivity index (χ3n) is 4.39. The zero-order chi connectivity index (χ0) is 19.4. The number of para-hydroxylation sites is 2. The van der Waals surface area contributed by atoms with Crippen LogP contribution in [-0.2, 0) is 11.0 Å². The molecule has 0 atom stereocenters. The highest BCUT2D eigenvalue weighted by atomic mass is 19.4. The van der Waals surface area contributed by atoms with Crippen LogP contribution in [0.25, 0.3) is 0 Å². The second-order valence-corrected chi connectivity index (χ2v) is 6.17. The van der Waals surface area contributed by atoms with Crippen LogP contribution in [-0.4, -0.2) is 48.7 Å². The largest absolute Gasteiger partial charge is 0.504 e. The fourth-order valence-corrected chi connectivity index (χ4v) is 2.90. The van der Waals surface area contributed by atoms with Gasteiger partial charge in [0.15, 0.2) is 18.1 Å². The quantitative estimate of drug-likeness (QED) is 0.886. The van der Waals surface area contributed by atoms with Crippen LogP contribution in [0.1, 0.15) is 5.56 Å². The van der Waals surface area contributed by atoms with Gasteiger partial charge < -0.3 is 19.6 Å². The van der Waals surface area contributed by atoms with E-state index in [4.69, 9.17) is 4.74 Å². The van der Waals surface area contributed by atoms with Gasteiger partial charge in [-0.25, -0.2) is 0 Å². The van der Waals surface area contributed by atoms with Gasteiger partial charge in [0.25, 0.3) is 5.91 Å². The zero-order valence-corrected chi connectivity index (χ0v) is 14.4. The first-order chi connectivity index (χ1) is 12.8. The highest BCUT2D eigenvalue weighted by molar-refractivity contribution is 5.78. The van der Waals surface area contributed by atoms with Crippen molar-refractivity contribution >= 4 is 11.6 Å². The van der Waals surface area contributed by atoms with Crippen LogP contribution < -0.4 is 9.64 Å². The number of phenolic OH excluding ortho intramolecular Hbond substituents is 1. The van der Waals surface area contributed by atoms with Crippen molar-refractivity contribution in [2.24, 2.45) is 0 Å². The number of ether oxygens (including phenoxy) is 1. The number of aromatic hydroxyl groups is 1. The molecule has 1 fully saturated rings. The Balaban J connectivity index is 1.54. The fraction of sp³-hybridized carbons (Fsp3) is 0.316. The second-order valence-electron chi connectivity index (χ2n) is 6.17. The minimum atomic E-state index is -4.38. The van der Waals surface area contributed by atoms with Gasteiger partial charge in [-0.15, -0.1) is 0 Å². The number of nitrogens with zero attached hydrogens (tertiary/aromatic N) is 2. The Hall–Kier alpha value is -2.90. The lowest BCUT2D eigenvalue weighted by Gasteiger charge is -2.36. The molecule has 3 rings (SSSR count). The van der Waals surface area contributed by atoms with Crippen molar-refractivity contribution in [3.8, 4) is 11.5 Å². The number of anilines is 1. The Bertz CT molecular complexity index is 803. The van der Waals surface area contributed by atoms with Crippen LogP contribution >= 0.6 is 0 Å². The van der Waals surface area contributed by atoms with E-state index in [-0.39, 0.29) is 24.0 Å². The van der Waals surface area contributed by atoms with Crippen LogP contribution in [0.3, 0.4) is 0 Å². The summed E-state index contributed by atoms with van der Waals surface area (Å²) < 4.78 is 43.9. The van der Waals surface area contributed by atoms with E-state index < -0.39 is 11.7 Å². The van der Waals surface area contributed by atoms with E-state index in [2.05, 4.69) is 0 Å². The molecule has 0 spiro atoms. The van der Waals surface area contributed by atoms with Gasteiger partial charge in [-0.1, -0.05) is 18.2 Å². The van der Waals surface area contributed by atoms with Crippen molar-refractivity contribution in [1.82, 2.24) is 4.90 Å². The summed E-state index contributed by atoms with van der Waals surface area (Å²) in [7, 11) is 0. The van der Waals surface area contributed by atoms with Crippen LogP contribution in [0.4, 0.5) is 18.9 Å². The third-order valence-corrected chi connectivity index (χ3v) is 4.39. The summed E-state index contributed by atoms with van der Waals surface area (Å²) in [5.41, 5.74) is -0.197. The molecule has 2 aromatic rings. The molecule has 1 saturated heterocycles. The average molecular weight is 380 g/mol. The predicted molar refractivity (Wildman–Crippen MR) is 93.8 cm³/mol. The normalized spacial score (nSPS) is 14.9. The number of carbonyl (C=O) groups excluding carboxylic acids is 1. The fourth-order valence-electron chi connectivity index (χ4n) is 2.90. The lowest BCUT2D eigenvalue weighted by molar-refractivity contribution is -0.137. The van der Waals surface area contributed by atoms with Gasteiger partial charge in [-0.05, 0) is 30.3 Å². The van der Waals surface area contributed by atoms with Crippen molar-refractivity contribution in [1.29, 1.82) is 0 Å². The smallest absolute Gasteiger partial charge is 0.416 e. The molecule has 0 bridgehead atoms. The molecule has 0 unspecified atom stereocenters. The van der Waals surface area contributed by atoms with Crippen LogP contribution in [0.2, 0.25) is 0 Å². The molecular formula is C19H19F3N2O3. The van der Waals surface area contributed by atoms with Gasteiger partial charge in [-0.2, -0.15) is 13.2 Å². The third kappa shape index (κ3) is 4.64. The van der Waals surface area contributed by atoms with E-state index in [1.165, 1.54) is 12.1 Å². The van der Waals surface area contributed by atoms with Crippen LogP contribution in [0.5, 0.6) is 11.5 Å². The highest BCUT2D eigenvalue weighted by Gasteiger charge is 2.31. The maximum absolute atomic E-state index is 12.9. The van der Waals surface area contributed by atoms with E-state index in [9.17, 15) is 23.1 Å². The van der Waals surface area contributed by atoms with E-state index in [0.717, 1.165) is 12.1 Å². The zero-order valence-electron chi connectivity index (χ0n) is 14.4.